The average Bonchev–Trinajstić information content (AvgIpc) is 3.38. The zero-order chi connectivity index (χ0) is 27.5. The van der Waals surface area contributed by atoms with Crippen LogP contribution < -0.4 is 0 Å². The van der Waals surface area contributed by atoms with Gasteiger partial charge < -0.3 is 0 Å². The Balaban J connectivity index is 1.71. The number of rotatable bonds is 3. The van der Waals surface area contributed by atoms with Crippen LogP contribution in [0.15, 0.2) is 133 Å². The third kappa shape index (κ3) is 3.08. The van der Waals surface area contributed by atoms with E-state index in [0.717, 1.165) is 49.7 Å². The van der Waals surface area contributed by atoms with Crippen LogP contribution in [0.5, 0.6) is 0 Å². The highest BCUT2D eigenvalue weighted by atomic mass is 15.1. The third-order valence-corrected chi connectivity index (χ3v) is 6.47. The quantitative estimate of drug-likeness (QED) is 0.246. The molecule has 0 aliphatic rings. The van der Waals surface area contributed by atoms with Crippen LogP contribution in [0.2, 0.25) is 0 Å². The monoisotopic (exact) mass is 451 g/mol. The van der Waals surface area contributed by atoms with Gasteiger partial charge >= 0.3 is 0 Å². The minimum atomic E-state index is -0.402. The van der Waals surface area contributed by atoms with Crippen molar-refractivity contribution in [1.82, 2.24) is 9.55 Å². The maximum atomic E-state index is 8.78. The zero-order valence-corrected chi connectivity index (χ0v) is 18.7. The van der Waals surface area contributed by atoms with Crippen molar-refractivity contribution in [2.24, 2.45) is 0 Å². The van der Waals surface area contributed by atoms with Crippen molar-refractivity contribution in [2.75, 3.05) is 0 Å². The van der Waals surface area contributed by atoms with Gasteiger partial charge in [0.05, 0.1) is 23.6 Å². The van der Waals surface area contributed by atoms with Crippen molar-refractivity contribution < 1.29 is 6.85 Å². The number of hydrogen-bond acceptors (Lipinski definition) is 1. The Bertz CT molecular complexity index is 2030. The standard InChI is InChI=1S/C33H22N2/c1-3-13-23(14-4-1)31-25-17-7-9-19-27(25)32(28-20-10-8-18-26(28)31)35-30-22-12-11-21-29(30)34-33(35)24-15-5-2-6-16-24/h1-22H/i1D,3D,4D,13D,14D. The lowest BCUT2D eigenvalue weighted by Gasteiger charge is -2.20. The number of nitrogens with zero attached hydrogens (tertiary/aromatic N) is 2. The van der Waals surface area contributed by atoms with Crippen LogP contribution in [0.25, 0.3) is 60.8 Å². The first kappa shape index (κ1) is 15.3. The number of fused-ring (bicyclic) bond motifs is 3. The highest BCUT2D eigenvalue weighted by Gasteiger charge is 2.21. The molecule has 2 heteroatoms. The van der Waals surface area contributed by atoms with E-state index in [-0.39, 0.29) is 29.7 Å². The molecule has 1 heterocycles. The van der Waals surface area contributed by atoms with Gasteiger partial charge in [0, 0.05) is 16.3 Å². The summed E-state index contributed by atoms with van der Waals surface area (Å²) in [5, 5.41) is 3.38. The lowest BCUT2D eigenvalue weighted by Crippen LogP contribution is -2.01. The molecule has 0 saturated heterocycles. The second-order valence-electron chi connectivity index (χ2n) is 8.44. The Morgan fingerprint density at radius 3 is 1.80 bits per heavy atom. The summed E-state index contributed by atoms with van der Waals surface area (Å²) >= 11 is 0. The van der Waals surface area contributed by atoms with Crippen molar-refractivity contribution in [1.29, 1.82) is 0 Å². The number of benzene rings is 6. The fourth-order valence-corrected chi connectivity index (χ4v) is 5.02. The van der Waals surface area contributed by atoms with Crippen LogP contribution in [0, 0.1) is 0 Å². The maximum absolute atomic E-state index is 8.78. The van der Waals surface area contributed by atoms with Gasteiger partial charge in [0.1, 0.15) is 5.82 Å². The van der Waals surface area contributed by atoms with Crippen LogP contribution in [0.3, 0.4) is 0 Å². The topological polar surface area (TPSA) is 17.8 Å². The van der Waals surface area contributed by atoms with Crippen LogP contribution in [-0.4, -0.2) is 9.55 Å². The second-order valence-corrected chi connectivity index (χ2v) is 8.44. The van der Waals surface area contributed by atoms with Crippen LogP contribution in [0.1, 0.15) is 6.85 Å². The molecular weight excluding hydrogens is 424 g/mol. The fraction of sp³-hybridized carbons (Fsp3) is 0. The van der Waals surface area contributed by atoms with Crippen LogP contribution in [0.4, 0.5) is 0 Å². The van der Waals surface area contributed by atoms with Crippen molar-refractivity contribution >= 4 is 32.6 Å². The summed E-state index contributed by atoms with van der Waals surface area (Å²) in [7, 11) is 0. The summed E-state index contributed by atoms with van der Waals surface area (Å²) in [6, 6.07) is 32.3. The predicted octanol–water partition coefficient (Wildman–Crippen LogP) is 8.67. The van der Waals surface area contributed by atoms with Gasteiger partial charge in [0.25, 0.3) is 0 Å². The van der Waals surface area contributed by atoms with Crippen molar-refractivity contribution in [3.63, 3.8) is 0 Å². The molecule has 0 atom stereocenters. The summed E-state index contributed by atoms with van der Waals surface area (Å²) in [5.74, 6) is 0.799. The van der Waals surface area contributed by atoms with E-state index in [9.17, 15) is 0 Å². The fourth-order valence-electron chi connectivity index (χ4n) is 5.02. The molecule has 0 N–H and O–H groups in total. The number of imidazole rings is 1. The summed E-state index contributed by atoms with van der Waals surface area (Å²) in [6.07, 6.45) is 0. The molecule has 164 valence electrons. The molecule has 2 nitrogen and oxygen atoms in total. The van der Waals surface area contributed by atoms with Gasteiger partial charge in [-0.3, -0.25) is 4.57 Å². The van der Waals surface area contributed by atoms with Gasteiger partial charge in [0.2, 0.25) is 0 Å². The Morgan fingerprint density at radius 1 is 0.543 bits per heavy atom. The van der Waals surface area contributed by atoms with Crippen molar-refractivity contribution in [3.05, 3.63) is 133 Å². The van der Waals surface area contributed by atoms with E-state index < -0.39 is 6.04 Å². The third-order valence-electron chi connectivity index (χ3n) is 6.47. The molecule has 0 spiro atoms. The smallest absolute Gasteiger partial charge is 0.145 e. The molecule has 0 radical (unpaired) electrons. The van der Waals surface area contributed by atoms with Gasteiger partial charge in [-0.2, -0.15) is 0 Å². The summed E-state index contributed by atoms with van der Waals surface area (Å²) in [5.41, 5.74) is 4.54. The highest BCUT2D eigenvalue weighted by Crippen LogP contribution is 2.43. The molecule has 6 aromatic carbocycles. The molecule has 0 saturated carbocycles. The van der Waals surface area contributed by atoms with E-state index in [4.69, 9.17) is 11.8 Å². The number of para-hydroxylation sites is 2. The van der Waals surface area contributed by atoms with Gasteiger partial charge in [-0.25, -0.2) is 4.98 Å². The summed E-state index contributed by atoms with van der Waals surface area (Å²) in [4.78, 5) is 5.05. The lowest BCUT2D eigenvalue weighted by molar-refractivity contribution is 1.13. The Kier molecular flexibility index (Phi) is 3.47. The minimum absolute atomic E-state index is 0.198. The zero-order valence-electron chi connectivity index (χ0n) is 23.7. The molecule has 0 aliphatic heterocycles. The van der Waals surface area contributed by atoms with Gasteiger partial charge in [-0.05, 0) is 34.0 Å². The largest absolute Gasteiger partial charge is 0.291 e. The summed E-state index contributed by atoms with van der Waals surface area (Å²) < 4.78 is 44.6. The van der Waals surface area contributed by atoms with E-state index in [0.29, 0.717) is 5.56 Å². The first-order chi connectivity index (χ1) is 19.5. The first-order valence-electron chi connectivity index (χ1n) is 14.0. The molecule has 0 fully saturated rings. The molecular formula is C33H22N2. The molecule has 0 unspecified atom stereocenters. The highest BCUT2D eigenvalue weighted by molar-refractivity contribution is 6.18. The lowest BCUT2D eigenvalue weighted by atomic mass is 9.90. The Morgan fingerprint density at radius 2 is 1.11 bits per heavy atom. The van der Waals surface area contributed by atoms with E-state index in [1.54, 1.807) is 0 Å². The Labute approximate surface area is 210 Å². The molecule has 0 amide bonds. The predicted molar refractivity (Wildman–Crippen MR) is 147 cm³/mol. The number of aromatic nitrogens is 2. The molecule has 0 aliphatic carbocycles. The number of hydrogen-bond donors (Lipinski definition) is 0. The molecule has 0 bridgehead atoms. The van der Waals surface area contributed by atoms with Gasteiger partial charge in [-0.15, -0.1) is 0 Å². The van der Waals surface area contributed by atoms with E-state index in [2.05, 4.69) is 10.6 Å². The van der Waals surface area contributed by atoms with Crippen molar-refractivity contribution in [2.45, 2.75) is 0 Å². The maximum Gasteiger partial charge on any atom is 0.145 e. The second kappa shape index (κ2) is 7.96. The van der Waals surface area contributed by atoms with E-state index in [1.165, 1.54) is 0 Å². The molecule has 7 rings (SSSR count). The normalized spacial score (nSPS) is 13.4. The SMILES string of the molecule is [2H]c1c([2H])c([2H])c(-c2c3ccccc3c(-n3c(-c4ccccc4)nc4ccccc43)c3ccccc23)c([2H])c1[2H]. The molecule has 35 heavy (non-hydrogen) atoms. The molecule has 7 aromatic rings. The minimum Gasteiger partial charge on any atom is -0.291 e. The molecule has 1 aromatic heterocycles. The van der Waals surface area contributed by atoms with E-state index >= 15 is 0 Å². The van der Waals surface area contributed by atoms with Crippen molar-refractivity contribution in [3.8, 4) is 28.2 Å². The Hall–Kier alpha value is -4.69. The van der Waals surface area contributed by atoms with Crippen LogP contribution >= 0.6 is 0 Å². The van der Waals surface area contributed by atoms with Gasteiger partial charge in [-0.1, -0.05) is 121 Å². The summed E-state index contributed by atoms with van der Waals surface area (Å²) in [6.45, 7) is 0. The van der Waals surface area contributed by atoms with E-state index in [1.807, 2.05) is 97.1 Å². The average molecular weight is 452 g/mol. The first-order valence-corrected chi connectivity index (χ1v) is 11.5. The van der Waals surface area contributed by atoms with Crippen LogP contribution in [-0.2, 0) is 0 Å². The van der Waals surface area contributed by atoms with Gasteiger partial charge in [0.15, 0.2) is 0 Å².